The fourth-order valence-corrected chi connectivity index (χ4v) is 4.34. The number of phenolic OH excluding ortho intramolecular Hbond substituents is 2. The molecule has 0 atom stereocenters. The first-order valence-electron chi connectivity index (χ1n) is 14.7. The molecular formula is C36H25N5O10. The Balaban J connectivity index is 1.16. The summed E-state index contributed by atoms with van der Waals surface area (Å²) < 4.78 is 10.6. The monoisotopic (exact) mass is 687 g/mol. The highest BCUT2D eigenvalue weighted by Gasteiger charge is 2.25. The van der Waals surface area contributed by atoms with Gasteiger partial charge in [-0.15, -0.1) is 0 Å². The largest absolute Gasteiger partial charge is 0.507 e. The van der Waals surface area contributed by atoms with Crippen LogP contribution in [0.2, 0.25) is 0 Å². The van der Waals surface area contributed by atoms with Gasteiger partial charge in [-0.2, -0.15) is 10.2 Å². The van der Waals surface area contributed by atoms with E-state index in [4.69, 9.17) is 9.47 Å². The van der Waals surface area contributed by atoms with Gasteiger partial charge in [0, 0.05) is 6.07 Å². The van der Waals surface area contributed by atoms with E-state index in [1.807, 2.05) is 0 Å². The van der Waals surface area contributed by atoms with E-state index in [2.05, 4.69) is 21.1 Å². The molecule has 0 radical (unpaired) electrons. The van der Waals surface area contributed by atoms with Crippen molar-refractivity contribution in [2.45, 2.75) is 0 Å². The summed E-state index contributed by atoms with van der Waals surface area (Å²) in [7, 11) is 0. The number of carbonyl (C=O) groups is 4. The van der Waals surface area contributed by atoms with Gasteiger partial charge in [0.1, 0.15) is 28.6 Å². The normalized spacial score (nSPS) is 10.8. The van der Waals surface area contributed by atoms with Crippen LogP contribution in [0.3, 0.4) is 0 Å². The van der Waals surface area contributed by atoms with Crippen molar-refractivity contribution in [3.05, 3.63) is 159 Å². The summed E-state index contributed by atoms with van der Waals surface area (Å²) in [6.07, 6.45) is 2.65. The lowest BCUT2D eigenvalue weighted by Crippen LogP contribution is -2.17. The van der Waals surface area contributed by atoms with Gasteiger partial charge in [-0.05, 0) is 96.1 Å². The molecule has 0 fully saturated rings. The molecule has 51 heavy (non-hydrogen) atoms. The van der Waals surface area contributed by atoms with Gasteiger partial charge in [-0.25, -0.2) is 20.4 Å². The first kappa shape index (κ1) is 34.6. The number of aromatic hydroxyl groups is 2. The SMILES string of the molecule is O=C(Oc1ccc(/C=N\NC(=O)c2ccccc2O)cc1)c1ccc(C(=O)Oc2ccc(/C=N\NC(=O)c3ccccc3O)cc2)c([N+](=O)[O-])c1. The van der Waals surface area contributed by atoms with Gasteiger partial charge in [0.2, 0.25) is 0 Å². The smallest absolute Gasteiger partial charge is 0.350 e. The van der Waals surface area contributed by atoms with E-state index in [1.165, 1.54) is 91.3 Å². The first-order chi connectivity index (χ1) is 24.6. The van der Waals surface area contributed by atoms with Crippen molar-refractivity contribution >= 4 is 41.9 Å². The summed E-state index contributed by atoms with van der Waals surface area (Å²) in [4.78, 5) is 60.9. The van der Waals surface area contributed by atoms with Gasteiger partial charge in [0.05, 0.1) is 34.0 Å². The minimum atomic E-state index is -1.05. The Morgan fingerprint density at radius 2 is 1.06 bits per heavy atom. The molecule has 5 aromatic carbocycles. The maximum atomic E-state index is 12.9. The van der Waals surface area contributed by atoms with Crippen LogP contribution in [0.25, 0.3) is 0 Å². The van der Waals surface area contributed by atoms with Crippen molar-refractivity contribution in [3.8, 4) is 23.0 Å². The molecule has 2 amide bonds. The Labute approximate surface area is 288 Å². The zero-order valence-corrected chi connectivity index (χ0v) is 26.1. The van der Waals surface area contributed by atoms with Gasteiger partial charge >= 0.3 is 11.9 Å². The molecular weight excluding hydrogens is 662 g/mol. The molecule has 0 bridgehead atoms. The quantitative estimate of drug-likeness (QED) is 0.0480. The summed E-state index contributed by atoms with van der Waals surface area (Å²) in [5, 5.41) is 39.0. The lowest BCUT2D eigenvalue weighted by molar-refractivity contribution is -0.385. The third-order valence-electron chi connectivity index (χ3n) is 6.89. The predicted octanol–water partition coefficient (Wildman–Crippen LogP) is 4.97. The number of amides is 2. The Hall–Kier alpha value is -7.68. The molecule has 0 saturated heterocycles. The van der Waals surface area contributed by atoms with E-state index >= 15 is 0 Å². The zero-order chi connectivity index (χ0) is 36.3. The molecule has 5 aromatic rings. The number of hydrogen-bond donors (Lipinski definition) is 4. The molecule has 0 aromatic heterocycles. The predicted molar refractivity (Wildman–Crippen MR) is 182 cm³/mol. The first-order valence-corrected chi connectivity index (χ1v) is 14.7. The van der Waals surface area contributed by atoms with Crippen molar-refractivity contribution in [2.24, 2.45) is 10.2 Å². The standard InChI is InChI=1S/C36H25N5O10/c42-31-7-3-1-5-28(31)33(44)39-37-20-22-9-14-25(15-10-22)50-35(46)24-13-18-27(30(19-24)41(48)49)36(47)51-26-16-11-23(12-17-26)21-38-40-34(45)29-6-2-4-8-32(29)43/h1-21,42-43H,(H,39,44)(H,40,45)/b37-20-,38-21-. The summed E-state index contributed by atoms with van der Waals surface area (Å²) in [6.45, 7) is 0. The number of benzene rings is 5. The molecule has 15 nitrogen and oxygen atoms in total. The summed E-state index contributed by atoms with van der Waals surface area (Å²) >= 11 is 0. The van der Waals surface area contributed by atoms with Crippen LogP contribution in [-0.2, 0) is 0 Å². The molecule has 5 rings (SSSR count). The second-order valence-corrected chi connectivity index (χ2v) is 10.3. The molecule has 0 unspecified atom stereocenters. The molecule has 0 aliphatic rings. The fourth-order valence-electron chi connectivity index (χ4n) is 4.34. The van der Waals surface area contributed by atoms with Crippen LogP contribution in [-0.4, -0.2) is 51.3 Å². The van der Waals surface area contributed by atoms with E-state index in [0.717, 1.165) is 12.1 Å². The number of hydrogen-bond acceptors (Lipinski definition) is 12. The van der Waals surface area contributed by atoms with E-state index in [-0.39, 0.29) is 39.7 Å². The number of nitro benzene ring substituents is 1. The van der Waals surface area contributed by atoms with Gasteiger partial charge in [0.15, 0.2) is 0 Å². The van der Waals surface area contributed by atoms with Crippen LogP contribution in [0, 0.1) is 10.1 Å². The van der Waals surface area contributed by atoms with Crippen LogP contribution in [0.1, 0.15) is 52.6 Å². The van der Waals surface area contributed by atoms with Crippen molar-refractivity contribution in [2.75, 3.05) is 0 Å². The molecule has 0 saturated carbocycles. The topological polar surface area (TPSA) is 219 Å². The zero-order valence-electron chi connectivity index (χ0n) is 26.1. The third kappa shape index (κ3) is 9.02. The van der Waals surface area contributed by atoms with Gasteiger partial charge in [-0.3, -0.25) is 19.7 Å². The minimum Gasteiger partial charge on any atom is -0.507 e. The lowest BCUT2D eigenvalue weighted by Gasteiger charge is -2.08. The Morgan fingerprint density at radius 1 is 0.608 bits per heavy atom. The number of nitrogens with one attached hydrogen (secondary N) is 2. The summed E-state index contributed by atoms with van der Waals surface area (Å²) in [5.41, 5.74) is 4.41. The number of rotatable bonds is 11. The summed E-state index contributed by atoms with van der Waals surface area (Å²) in [6, 6.07) is 26.9. The lowest BCUT2D eigenvalue weighted by atomic mass is 10.1. The second kappa shape index (κ2) is 15.9. The van der Waals surface area contributed by atoms with E-state index in [1.54, 1.807) is 24.3 Å². The average molecular weight is 688 g/mol. The molecule has 0 aliphatic carbocycles. The van der Waals surface area contributed by atoms with Crippen LogP contribution in [0.4, 0.5) is 5.69 Å². The molecule has 0 spiro atoms. The molecule has 15 heteroatoms. The van der Waals surface area contributed by atoms with Crippen LogP contribution < -0.4 is 20.3 Å². The van der Waals surface area contributed by atoms with Crippen molar-refractivity contribution in [1.29, 1.82) is 0 Å². The van der Waals surface area contributed by atoms with Gasteiger partial charge < -0.3 is 19.7 Å². The van der Waals surface area contributed by atoms with E-state index in [9.17, 15) is 39.5 Å². The summed E-state index contributed by atoms with van der Waals surface area (Å²) in [5.74, 6) is -3.45. The number of phenols is 2. The third-order valence-corrected chi connectivity index (χ3v) is 6.89. The van der Waals surface area contributed by atoms with Gasteiger partial charge in [0.25, 0.3) is 17.5 Å². The Morgan fingerprint density at radius 3 is 1.51 bits per heavy atom. The minimum absolute atomic E-state index is 0.0431. The highest BCUT2D eigenvalue weighted by Crippen LogP contribution is 2.24. The number of ether oxygens (including phenoxy) is 2. The molecule has 254 valence electrons. The van der Waals surface area contributed by atoms with E-state index < -0.39 is 39.9 Å². The Bertz CT molecular complexity index is 2180. The maximum absolute atomic E-state index is 12.9. The van der Waals surface area contributed by atoms with Crippen LogP contribution >= 0.6 is 0 Å². The Kier molecular flexibility index (Phi) is 10.8. The van der Waals surface area contributed by atoms with Crippen molar-refractivity contribution < 1.29 is 43.8 Å². The van der Waals surface area contributed by atoms with Crippen LogP contribution in [0.5, 0.6) is 23.0 Å². The highest BCUT2D eigenvalue weighted by molar-refractivity contribution is 5.99. The number of nitrogens with zero attached hydrogens (tertiary/aromatic N) is 3. The van der Waals surface area contributed by atoms with Crippen molar-refractivity contribution in [3.63, 3.8) is 0 Å². The van der Waals surface area contributed by atoms with Crippen LogP contribution in [0.15, 0.2) is 125 Å². The molecule has 0 heterocycles. The highest BCUT2D eigenvalue weighted by atomic mass is 16.6. The molecule has 0 aliphatic heterocycles. The fraction of sp³-hybridized carbons (Fsp3) is 0. The van der Waals surface area contributed by atoms with Gasteiger partial charge in [-0.1, -0.05) is 24.3 Å². The van der Waals surface area contributed by atoms with E-state index in [0.29, 0.717) is 11.1 Å². The second-order valence-electron chi connectivity index (χ2n) is 10.3. The van der Waals surface area contributed by atoms with Crippen molar-refractivity contribution in [1.82, 2.24) is 10.9 Å². The average Bonchev–Trinajstić information content (AvgIpc) is 3.13. The number of esters is 2. The maximum Gasteiger partial charge on any atom is 0.350 e. The number of para-hydroxylation sites is 2. The number of carbonyl (C=O) groups excluding carboxylic acids is 4. The molecule has 4 N–H and O–H groups in total. The number of nitro groups is 1. The number of hydrazone groups is 2.